The highest BCUT2D eigenvalue weighted by Crippen LogP contribution is 2.17. The van der Waals surface area contributed by atoms with Crippen LogP contribution in [0.15, 0.2) is 48.8 Å². The van der Waals surface area contributed by atoms with E-state index in [-0.39, 0.29) is 12.5 Å². The second kappa shape index (κ2) is 7.35. The molecule has 2 heterocycles. The maximum Gasteiger partial charge on any atom is 0.326 e. The van der Waals surface area contributed by atoms with Crippen molar-refractivity contribution in [2.24, 2.45) is 0 Å². The maximum atomic E-state index is 12.5. The van der Waals surface area contributed by atoms with Crippen molar-refractivity contribution >= 4 is 22.9 Å². The molecule has 0 unspecified atom stereocenters. The van der Waals surface area contributed by atoms with E-state index in [0.29, 0.717) is 11.2 Å². The molecule has 0 aliphatic heterocycles. The molecule has 0 saturated heterocycles. The van der Waals surface area contributed by atoms with Gasteiger partial charge in [-0.2, -0.15) is 5.10 Å². The number of pyridine rings is 1. The molecule has 0 spiro atoms. The molecule has 2 N–H and O–H groups in total. The Morgan fingerprint density at radius 1 is 1.19 bits per heavy atom. The highest BCUT2D eigenvalue weighted by atomic mass is 16.4. The molecule has 1 amide bonds. The van der Waals surface area contributed by atoms with Crippen LogP contribution < -0.4 is 5.32 Å². The van der Waals surface area contributed by atoms with Crippen LogP contribution in [0.2, 0.25) is 0 Å². The Labute approximate surface area is 150 Å². The Balaban J connectivity index is 1.79. The monoisotopic (exact) mass is 352 g/mol. The molecule has 0 saturated carbocycles. The number of aromatic nitrogens is 3. The third-order valence-electron chi connectivity index (χ3n) is 4.07. The molecule has 7 nitrogen and oxygen atoms in total. The van der Waals surface area contributed by atoms with Gasteiger partial charge in [-0.1, -0.05) is 30.3 Å². The number of nitrogens with zero attached hydrogens (tertiary/aromatic N) is 3. The fourth-order valence-electron chi connectivity index (χ4n) is 2.73. The van der Waals surface area contributed by atoms with Gasteiger partial charge in [-0.25, -0.2) is 14.5 Å². The molecule has 0 bridgehead atoms. The van der Waals surface area contributed by atoms with Crippen molar-refractivity contribution in [2.45, 2.75) is 32.4 Å². The predicted molar refractivity (Wildman–Crippen MR) is 96.9 cm³/mol. The van der Waals surface area contributed by atoms with E-state index >= 15 is 0 Å². The van der Waals surface area contributed by atoms with Gasteiger partial charge in [0.05, 0.1) is 11.8 Å². The molecule has 0 radical (unpaired) electrons. The van der Waals surface area contributed by atoms with Crippen LogP contribution in [0.4, 0.5) is 0 Å². The topological polar surface area (TPSA) is 97.1 Å². The Morgan fingerprint density at radius 3 is 2.58 bits per heavy atom. The van der Waals surface area contributed by atoms with Gasteiger partial charge in [-0.3, -0.25) is 4.79 Å². The summed E-state index contributed by atoms with van der Waals surface area (Å²) in [6, 6.07) is 9.99. The molecule has 134 valence electrons. The Kier molecular flexibility index (Phi) is 4.97. The van der Waals surface area contributed by atoms with E-state index in [9.17, 15) is 14.7 Å². The molecular weight excluding hydrogens is 332 g/mol. The number of nitrogens with one attached hydrogen (secondary N) is 1. The maximum absolute atomic E-state index is 12.5. The molecule has 7 heteroatoms. The number of aliphatic carboxylic acids is 1. The second-order valence-corrected chi connectivity index (χ2v) is 6.37. The number of carbonyl (C=O) groups excluding carboxylic acids is 1. The first-order chi connectivity index (χ1) is 12.5. The number of fused-ring (bicyclic) bond motifs is 1. The average molecular weight is 352 g/mol. The minimum absolute atomic E-state index is 0.155. The summed E-state index contributed by atoms with van der Waals surface area (Å²) < 4.78 is 1.77. The largest absolute Gasteiger partial charge is 0.480 e. The fourth-order valence-corrected chi connectivity index (χ4v) is 2.73. The smallest absolute Gasteiger partial charge is 0.326 e. The molecule has 3 aromatic rings. The van der Waals surface area contributed by atoms with Gasteiger partial charge in [-0.15, -0.1) is 0 Å². The van der Waals surface area contributed by atoms with E-state index in [2.05, 4.69) is 15.4 Å². The normalized spacial score (nSPS) is 12.3. The van der Waals surface area contributed by atoms with Gasteiger partial charge in [0.25, 0.3) is 5.91 Å². The van der Waals surface area contributed by atoms with Crippen molar-refractivity contribution in [3.8, 4) is 0 Å². The number of carboxylic acid groups (broad SMARTS) is 1. The standard InChI is InChI=1S/C19H20N4O3/c1-12(2)23-17-14(11-21-23)9-15(10-20-17)18(24)22-16(19(25)26)8-13-6-4-3-5-7-13/h3-7,9-12,16H,8H2,1-2H3,(H,22,24)(H,25,26)/t16-/m1/s1. The van der Waals surface area contributed by atoms with Gasteiger partial charge < -0.3 is 10.4 Å². The second-order valence-electron chi connectivity index (χ2n) is 6.37. The van der Waals surface area contributed by atoms with Gasteiger partial charge in [0.2, 0.25) is 0 Å². The lowest BCUT2D eigenvalue weighted by molar-refractivity contribution is -0.139. The summed E-state index contributed by atoms with van der Waals surface area (Å²) in [5.41, 5.74) is 1.84. The summed E-state index contributed by atoms with van der Waals surface area (Å²) in [6.45, 7) is 3.99. The summed E-state index contributed by atoms with van der Waals surface area (Å²) in [5, 5.41) is 17.0. The third kappa shape index (κ3) is 3.72. The van der Waals surface area contributed by atoms with Crippen molar-refractivity contribution in [2.75, 3.05) is 0 Å². The first-order valence-corrected chi connectivity index (χ1v) is 8.36. The molecule has 26 heavy (non-hydrogen) atoms. The molecule has 2 aromatic heterocycles. The zero-order chi connectivity index (χ0) is 18.7. The van der Waals surface area contributed by atoms with Crippen molar-refractivity contribution in [3.63, 3.8) is 0 Å². The van der Waals surface area contributed by atoms with Crippen LogP contribution in [0.3, 0.4) is 0 Å². The minimum Gasteiger partial charge on any atom is -0.480 e. The van der Waals surface area contributed by atoms with Crippen LogP contribution in [-0.2, 0) is 11.2 Å². The quantitative estimate of drug-likeness (QED) is 0.710. The molecule has 0 aliphatic carbocycles. The highest BCUT2D eigenvalue weighted by molar-refractivity contribution is 5.98. The number of hydrogen-bond acceptors (Lipinski definition) is 4. The van der Waals surface area contributed by atoms with E-state index < -0.39 is 17.9 Å². The first-order valence-electron chi connectivity index (χ1n) is 8.36. The molecule has 0 fully saturated rings. The minimum atomic E-state index is -1.08. The van der Waals surface area contributed by atoms with Crippen LogP contribution in [0.1, 0.15) is 35.8 Å². The Morgan fingerprint density at radius 2 is 1.92 bits per heavy atom. The van der Waals surface area contributed by atoms with Crippen LogP contribution in [-0.4, -0.2) is 37.8 Å². The highest BCUT2D eigenvalue weighted by Gasteiger charge is 2.22. The Bertz CT molecular complexity index is 934. The van der Waals surface area contributed by atoms with Crippen molar-refractivity contribution in [1.82, 2.24) is 20.1 Å². The molecule has 0 aliphatic rings. The van der Waals surface area contributed by atoms with E-state index in [1.54, 1.807) is 16.9 Å². The fraction of sp³-hybridized carbons (Fsp3) is 0.263. The van der Waals surface area contributed by atoms with E-state index in [0.717, 1.165) is 10.9 Å². The number of rotatable bonds is 6. The number of carboxylic acids is 1. The number of amides is 1. The van der Waals surface area contributed by atoms with Crippen molar-refractivity contribution in [3.05, 3.63) is 59.9 Å². The van der Waals surface area contributed by atoms with Gasteiger partial charge in [0, 0.05) is 24.0 Å². The molecule has 1 aromatic carbocycles. The number of carbonyl (C=O) groups is 2. The zero-order valence-electron chi connectivity index (χ0n) is 14.6. The number of hydrogen-bond donors (Lipinski definition) is 2. The van der Waals surface area contributed by atoms with Crippen molar-refractivity contribution < 1.29 is 14.7 Å². The molecule has 3 rings (SSSR count). The lowest BCUT2D eigenvalue weighted by atomic mass is 10.1. The summed E-state index contributed by atoms with van der Waals surface area (Å²) >= 11 is 0. The van der Waals surface area contributed by atoms with Crippen LogP contribution in [0.5, 0.6) is 0 Å². The van der Waals surface area contributed by atoms with Crippen LogP contribution >= 0.6 is 0 Å². The summed E-state index contributed by atoms with van der Waals surface area (Å²) in [6.07, 6.45) is 3.31. The van der Waals surface area contributed by atoms with E-state index in [1.807, 2.05) is 44.2 Å². The van der Waals surface area contributed by atoms with E-state index in [1.165, 1.54) is 6.20 Å². The Hall–Kier alpha value is -3.22. The predicted octanol–water partition coefficient (Wildman–Crippen LogP) is 2.44. The zero-order valence-corrected chi connectivity index (χ0v) is 14.6. The third-order valence-corrected chi connectivity index (χ3v) is 4.07. The van der Waals surface area contributed by atoms with Gasteiger partial charge in [0.15, 0.2) is 5.65 Å². The lowest BCUT2D eigenvalue weighted by Gasteiger charge is -2.14. The van der Waals surface area contributed by atoms with E-state index in [4.69, 9.17) is 0 Å². The van der Waals surface area contributed by atoms with Crippen LogP contribution in [0, 0.1) is 0 Å². The van der Waals surface area contributed by atoms with Crippen LogP contribution in [0.25, 0.3) is 11.0 Å². The SMILES string of the molecule is CC(C)n1ncc2cc(C(=O)N[C@H](Cc3ccccc3)C(=O)O)cnc21. The summed E-state index contributed by atoms with van der Waals surface area (Å²) in [7, 11) is 0. The van der Waals surface area contributed by atoms with Crippen molar-refractivity contribution in [1.29, 1.82) is 0 Å². The van der Waals surface area contributed by atoms with Gasteiger partial charge in [0.1, 0.15) is 6.04 Å². The van der Waals surface area contributed by atoms with Gasteiger partial charge >= 0.3 is 5.97 Å². The van der Waals surface area contributed by atoms with Gasteiger partial charge in [-0.05, 0) is 25.5 Å². The molecular formula is C19H20N4O3. The first kappa shape index (κ1) is 17.6. The average Bonchev–Trinajstić information content (AvgIpc) is 3.05. The number of benzene rings is 1. The molecule has 1 atom stereocenters. The lowest BCUT2D eigenvalue weighted by Crippen LogP contribution is -2.42. The summed E-state index contributed by atoms with van der Waals surface area (Å²) in [5.74, 6) is -1.55. The summed E-state index contributed by atoms with van der Waals surface area (Å²) in [4.78, 5) is 28.3.